The molecule has 0 unspecified atom stereocenters. The summed E-state index contributed by atoms with van der Waals surface area (Å²) in [5, 5.41) is 11.6. The number of halogens is 4. The number of hydrogen-bond acceptors (Lipinski definition) is 4. The van der Waals surface area contributed by atoms with Gasteiger partial charge in [0.1, 0.15) is 17.6 Å². The number of pyridine rings is 2. The van der Waals surface area contributed by atoms with E-state index in [0.29, 0.717) is 18.9 Å². The second kappa shape index (κ2) is 16.9. The second-order valence-corrected chi connectivity index (χ2v) is 10.8. The third kappa shape index (κ3) is 11.5. The lowest BCUT2D eigenvalue weighted by Gasteiger charge is -2.21. The van der Waals surface area contributed by atoms with Crippen molar-refractivity contribution in [2.45, 2.75) is 95.7 Å². The first kappa shape index (κ1) is 33.2. The first-order valence-electron chi connectivity index (χ1n) is 14.9. The quantitative estimate of drug-likeness (QED) is 0.137. The molecule has 1 fully saturated rings. The highest BCUT2D eigenvalue weighted by Crippen LogP contribution is 2.41. The number of carboxylic acid groups (broad SMARTS) is 1. The van der Waals surface area contributed by atoms with Crippen LogP contribution in [0.1, 0.15) is 116 Å². The van der Waals surface area contributed by atoms with Gasteiger partial charge in [-0.2, -0.15) is 13.2 Å². The Morgan fingerprint density at radius 1 is 0.952 bits per heavy atom. The van der Waals surface area contributed by atoms with Crippen LogP contribution in [0.15, 0.2) is 60.8 Å². The van der Waals surface area contributed by atoms with Gasteiger partial charge in [0.05, 0.1) is 5.69 Å². The smallest absolute Gasteiger partial charge is 0.409 e. The number of alkyl halides is 3. The normalized spacial score (nSPS) is 13.7. The summed E-state index contributed by atoms with van der Waals surface area (Å²) in [6.07, 6.45) is 8.93. The van der Waals surface area contributed by atoms with Crippen LogP contribution >= 0.6 is 0 Å². The number of aromatic nitrogens is 2. The van der Waals surface area contributed by atoms with Crippen molar-refractivity contribution in [3.63, 3.8) is 0 Å². The van der Waals surface area contributed by atoms with Crippen molar-refractivity contribution in [1.82, 2.24) is 15.3 Å². The number of nitrogens with one attached hydrogen (secondary N) is 1. The van der Waals surface area contributed by atoms with Crippen molar-refractivity contribution in [2.24, 2.45) is 0 Å². The average molecular weight is 588 g/mol. The van der Waals surface area contributed by atoms with E-state index in [1.807, 2.05) is 6.07 Å². The molecule has 2 heterocycles. The van der Waals surface area contributed by atoms with E-state index in [1.54, 1.807) is 30.3 Å². The van der Waals surface area contributed by atoms with E-state index in [0.717, 1.165) is 48.9 Å². The number of carboxylic acids is 1. The topological polar surface area (TPSA) is 75.1 Å². The largest absolute Gasteiger partial charge is 0.477 e. The molecule has 3 aromatic rings. The van der Waals surface area contributed by atoms with Crippen LogP contribution in [-0.4, -0.2) is 33.8 Å². The van der Waals surface area contributed by atoms with Gasteiger partial charge in [-0.25, -0.2) is 14.2 Å². The Bertz CT molecular complexity index is 1220. The van der Waals surface area contributed by atoms with Gasteiger partial charge in [-0.1, -0.05) is 76.1 Å². The maximum absolute atomic E-state index is 13.1. The molecule has 42 heavy (non-hydrogen) atoms. The average Bonchev–Trinajstić information content (AvgIpc) is 3.81. The minimum Gasteiger partial charge on any atom is -0.477 e. The molecule has 1 aliphatic carbocycles. The van der Waals surface area contributed by atoms with Crippen molar-refractivity contribution in [1.29, 1.82) is 0 Å². The molecule has 0 bridgehead atoms. The summed E-state index contributed by atoms with van der Waals surface area (Å²) in [4.78, 5) is 19.1. The van der Waals surface area contributed by atoms with Crippen LogP contribution in [-0.2, 0) is 6.42 Å². The minimum absolute atomic E-state index is 0.0366. The first-order valence-corrected chi connectivity index (χ1v) is 14.9. The van der Waals surface area contributed by atoms with Crippen molar-refractivity contribution in [3.05, 3.63) is 94.8 Å². The van der Waals surface area contributed by atoms with Crippen molar-refractivity contribution in [2.75, 3.05) is 6.54 Å². The molecule has 0 amide bonds. The Morgan fingerprint density at radius 3 is 2.19 bits per heavy atom. The zero-order valence-corrected chi connectivity index (χ0v) is 24.2. The van der Waals surface area contributed by atoms with E-state index >= 15 is 0 Å². The van der Waals surface area contributed by atoms with Crippen LogP contribution in [0, 0.1) is 5.82 Å². The first-order chi connectivity index (χ1) is 20.2. The van der Waals surface area contributed by atoms with E-state index in [1.165, 1.54) is 56.5 Å². The van der Waals surface area contributed by atoms with E-state index in [2.05, 4.69) is 22.2 Å². The van der Waals surface area contributed by atoms with Gasteiger partial charge in [0.25, 0.3) is 0 Å². The number of nitrogens with zero attached hydrogens (tertiary/aromatic N) is 2. The lowest BCUT2D eigenvalue weighted by atomic mass is 10.0. The molecular formula is C33H41F4N3O2. The number of rotatable bonds is 15. The van der Waals surface area contributed by atoms with E-state index < -0.39 is 18.2 Å². The van der Waals surface area contributed by atoms with Gasteiger partial charge in [0.15, 0.2) is 0 Å². The van der Waals surface area contributed by atoms with Crippen LogP contribution < -0.4 is 5.32 Å². The van der Waals surface area contributed by atoms with Crippen molar-refractivity contribution < 1.29 is 27.5 Å². The maximum atomic E-state index is 13.1. The fourth-order valence-electron chi connectivity index (χ4n) is 4.77. The Balaban J connectivity index is 0.000000231. The SMILES string of the molecule is CCCCCCCCCCN[C@@H](c1ccccn1)C(F)(F)F.O=C(O)c1ccc(C2CC2)c(Cc2ccc(F)cc2)n1. The highest BCUT2D eigenvalue weighted by molar-refractivity contribution is 5.85. The number of hydrogen-bond donors (Lipinski definition) is 2. The molecule has 4 rings (SSSR count). The van der Waals surface area contributed by atoms with Gasteiger partial charge >= 0.3 is 12.1 Å². The Hall–Kier alpha value is -3.33. The molecule has 0 radical (unpaired) electrons. The predicted molar refractivity (Wildman–Crippen MR) is 156 cm³/mol. The summed E-state index contributed by atoms with van der Waals surface area (Å²) in [7, 11) is 0. The van der Waals surface area contributed by atoms with E-state index in [-0.39, 0.29) is 17.2 Å². The van der Waals surface area contributed by atoms with Crippen LogP contribution in [0.2, 0.25) is 0 Å². The van der Waals surface area contributed by atoms with Gasteiger partial charge in [-0.15, -0.1) is 0 Å². The Morgan fingerprint density at radius 2 is 1.62 bits per heavy atom. The second-order valence-electron chi connectivity index (χ2n) is 10.8. The minimum atomic E-state index is -4.31. The fraction of sp³-hybridized carbons (Fsp3) is 0.485. The zero-order chi connectivity index (χ0) is 30.4. The molecule has 0 saturated heterocycles. The number of benzene rings is 1. The molecule has 2 N–H and O–H groups in total. The van der Waals surface area contributed by atoms with Gasteiger partial charge in [0, 0.05) is 18.3 Å². The lowest BCUT2D eigenvalue weighted by Crippen LogP contribution is -2.35. The van der Waals surface area contributed by atoms with Crippen LogP contribution in [0.4, 0.5) is 17.6 Å². The molecule has 9 heteroatoms. The maximum Gasteiger partial charge on any atom is 0.409 e. The van der Waals surface area contributed by atoms with Crippen LogP contribution in [0.5, 0.6) is 0 Å². The molecule has 1 atom stereocenters. The van der Waals surface area contributed by atoms with Crippen LogP contribution in [0.25, 0.3) is 0 Å². The van der Waals surface area contributed by atoms with Gasteiger partial charge < -0.3 is 10.4 Å². The Labute approximate surface area is 245 Å². The van der Waals surface area contributed by atoms with Gasteiger partial charge in [-0.3, -0.25) is 4.98 Å². The zero-order valence-electron chi connectivity index (χ0n) is 24.2. The summed E-state index contributed by atoms with van der Waals surface area (Å²) < 4.78 is 52.1. The summed E-state index contributed by atoms with van der Waals surface area (Å²) in [6.45, 7) is 2.56. The summed E-state index contributed by atoms with van der Waals surface area (Å²) >= 11 is 0. The molecule has 0 aliphatic heterocycles. The van der Waals surface area contributed by atoms with Gasteiger partial charge in [-0.05, 0) is 73.2 Å². The third-order valence-electron chi connectivity index (χ3n) is 7.22. The fourth-order valence-corrected chi connectivity index (χ4v) is 4.77. The molecule has 228 valence electrons. The standard InChI is InChI=1S/C17H27F3N2.C16H14FNO2/c1-2-3-4-5-6-7-8-10-14-22-16(17(18,19)20)15-12-9-11-13-21-15;17-12-5-1-10(2-6-12)9-15-13(11-3-4-11)7-8-14(18-15)16(19)20/h9,11-13,16,22H,2-8,10,14H2,1H3;1-2,5-8,11H,3-4,9H2,(H,19,20)/t16-;/m0./s1. The van der Waals surface area contributed by atoms with E-state index in [4.69, 9.17) is 5.11 Å². The van der Waals surface area contributed by atoms with Gasteiger partial charge in [0.2, 0.25) is 0 Å². The molecule has 2 aromatic heterocycles. The number of unbranched alkanes of at least 4 members (excludes halogenated alkanes) is 7. The third-order valence-corrected chi connectivity index (χ3v) is 7.22. The van der Waals surface area contributed by atoms with Crippen LogP contribution in [0.3, 0.4) is 0 Å². The Kier molecular flexibility index (Phi) is 13.4. The summed E-state index contributed by atoms with van der Waals surface area (Å²) in [5.41, 5.74) is 2.95. The molecule has 1 aromatic carbocycles. The lowest BCUT2D eigenvalue weighted by molar-refractivity contribution is -0.158. The summed E-state index contributed by atoms with van der Waals surface area (Å²) in [6, 6.07) is 12.6. The van der Waals surface area contributed by atoms with Crippen molar-refractivity contribution >= 4 is 5.97 Å². The highest BCUT2D eigenvalue weighted by atomic mass is 19.4. The molecule has 1 saturated carbocycles. The number of aromatic carboxylic acids is 1. The molecular weight excluding hydrogens is 546 g/mol. The predicted octanol–water partition coefficient (Wildman–Crippen LogP) is 8.80. The molecule has 5 nitrogen and oxygen atoms in total. The monoisotopic (exact) mass is 587 g/mol. The number of carbonyl (C=O) groups is 1. The molecule has 1 aliphatic rings. The highest BCUT2D eigenvalue weighted by Gasteiger charge is 2.41. The van der Waals surface area contributed by atoms with Crippen molar-refractivity contribution in [3.8, 4) is 0 Å². The summed E-state index contributed by atoms with van der Waals surface area (Å²) in [5.74, 6) is -0.795. The van der Waals surface area contributed by atoms with E-state index in [9.17, 15) is 22.4 Å². The molecule has 0 spiro atoms.